The maximum Gasteiger partial charge on any atom is 0.154 e. The first-order valence-electron chi connectivity index (χ1n) is 13.6. The van der Waals surface area contributed by atoms with E-state index in [0.29, 0.717) is 0 Å². The molecule has 2 radical (unpaired) electrons. The second-order valence-electron chi connectivity index (χ2n) is 10.5. The fraction of sp³-hybridized carbons (Fsp3) is 0.167. The van der Waals surface area contributed by atoms with E-state index in [1.807, 2.05) is 0 Å². The van der Waals surface area contributed by atoms with E-state index in [2.05, 4.69) is 149 Å². The lowest BCUT2D eigenvalue weighted by atomic mass is 10.1. The largest absolute Gasteiger partial charge is 0.154 e. The first kappa shape index (κ1) is 26.2. The van der Waals surface area contributed by atoms with Crippen LogP contribution in [0.4, 0.5) is 0 Å². The van der Waals surface area contributed by atoms with Crippen molar-refractivity contribution < 1.29 is 0 Å². The van der Waals surface area contributed by atoms with Crippen LogP contribution in [0.15, 0.2) is 121 Å². The van der Waals surface area contributed by atoms with Gasteiger partial charge in [0.1, 0.15) is 8.80 Å². The Bertz CT molecular complexity index is 1370. The summed E-state index contributed by atoms with van der Waals surface area (Å²) in [5.41, 5.74) is 6.97. The number of hydrogen-bond acceptors (Lipinski definition) is 0. The van der Waals surface area contributed by atoms with Crippen LogP contribution in [0.3, 0.4) is 0 Å². The summed E-state index contributed by atoms with van der Waals surface area (Å²) in [5, 5.41) is 7.49. The zero-order valence-corrected chi connectivity index (χ0v) is 25.0. The highest BCUT2D eigenvalue weighted by Crippen LogP contribution is 2.12. The van der Waals surface area contributed by atoms with E-state index in [-0.39, 0.29) is 0 Å². The molecule has 0 aliphatic rings. The molecule has 0 fully saturated rings. The monoisotopic (exact) mass is 524 g/mol. The van der Waals surface area contributed by atoms with Gasteiger partial charge in [0.25, 0.3) is 0 Å². The molecule has 0 aromatic heterocycles. The molecule has 0 bridgehead atoms. The van der Waals surface area contributed by atoms with Crippen LogP contribution in [-0.4, -0.2) is 17.6 Å². The molecule has 2 heteroatoms. The van der Waals surface area contributed by atoms with E-state index < -0.39 is 17.6 Å². The van der Waals surface area contributed by atoms with Gasteiger partial charge in [-0.1, -0.05) is 164 Å². The van der Waals surface area contributed by atoms with Gasteiger partial charge in [0.15, 0.2) is 8.80 Å². The zero-order valence-electron chi connectivity index (χ0n) is 23.0. The highest BCUT2D eigenvalue weighted by Gasteiger charge is 2.24. The SMILES string of the molecule is Cc1cc(C)cc([Si](CCc2ccccc2[Si](c2ccccc2)c2ccccc2)c2cc(C)cc(C)c2)c1. The van der Waals surface area contributed by atoms with Crippen molar-refractivity contribution in [3.05, 3.63) is 149 Å². The van der Waals surface area contributed by atoms with Crippen LogP contribution in [0.5, 0.6) is 0 Å². The summed E-state index contributed by atoms with van der Waals surface area (Å²) in [5.74, 6) is 0. The Balaban J connectivity index is 1.55. The Hall–Kier alpha value is -3.47. The predicted molar refractivity (Wildman–Crippen MR) is 169 cm³/mol. The lowest BCUT2D eigenvalue weighted by Gasteiger charge is -2.22. The van der Waals surface area contributed by atoms with Crippen LogP contribution >= 0.6 is 0 Å². The van der Waals surface area contributed by atoms with E-state index in [1.54, 1.807) is 0 Å². The average Bonchev–Trinajstić information content (AvgIpc) is 2.90. The molecule has 0 aliphatic carbocycles. The van der Waals surface area contributed by atoms with Gasteiger partial charge in [0.2, 0.25) is 0 Å². The molecule has 5 aromatic carbocycles. The number of aryl methyl sites for hydroxylation is 5. The van der Waals surface area contributed by atoms with E-state index in [1.165, 1.54) is 59.8 Å². The first-order chi connectivity index (χ1) is 18.5. The second-order valence-corrected chi connectivity index (χ2v) is 15.6. The third-order valence-corrected chi connectivity index (χ3v) is 12.8. The zero-order chi connectivity index (χ0) is 26.5. The summed E-state index contributed by atoms with van der Waals surface area (Å²) in [4.78, 5) is 0. The van der Waals surface area contributed by atoms with Gasteiger partial charge in [0.05, 0.1) is 0 Å². The lowest BCUT2D eigenvalue weighted by Crippen LogP contribution is -2.53. The molecular weight excluding hydrogens is 489 g/mol. The van der Waals surface area contributed by atoms with Crippen LogP contribution in [0.1, 0.15) is 27.8 Å². The Labute approximate surface area is 232 Å². The van der Waals surface area contributed by atoms with E-state index in [9.17, 15) is 0 Å². The van der Waals surface area contributed by atoms with Gasteiger partial charge in [-0.15, -0.1) is 0 Å². The van der Waals surface area contributed by atoms with Crippen LogP contribution in [0, 0.1) is 27.7 Å². The van der Waals surface area contributed by atoms with Gasteiger partial charge < -0.3 is 0 Å². The molecule has 0 saturated carbocycles. The van der Waals surface area contributed by atoms with Crippen molar-refractivity contribution in [2.24, 2.45) is 0 Å². The van der Waals surface area contributed by atoms with Gasteiger partial charge in [-0.25, -0.2) is 0 Å². The topological polar surface area (TPSA) is 0 Å². The minimum atomic E-state index is -1.10. The van der Waals surface area contributed by atoms with Crippen molar-refractivity contribution >= 4 is 43.5 Å². The van der Waals surface area contributed by atoms with Gasteiger partial charge >= 0.3 is 0 Å². The molecule has 0 atom stereocenters. The molecule has 0 heterocycles. The molecule has 0 spiro atoms. The Morgan fingerprint density at radius 2 is 0.868 bits per heavy atom. The van der Waals surface area contributed by atoms with E-state index >= 15 is 0 Å². The van der Waals surface area contributed by atoms with Crippen LogP contribution < -0.4 is 25.9 Å². The van der Waals surface area contributed by atoms with Gasteiger partial charge in [-0.05, 0) is 50.9 Å². The van der Waals surface area contributed by atoms with Gasteiger partial charge in [-0.2, -0.15) is 0 Å². The number of benzene rings is 5. The highest BCUT2D eigenvalue weighted by molar-refractivity contribution is 6.95. The Morgan fingerprint density at radius 3 is 1.34 bits per heavy atom. The summed E-state index contributed by atoms with van der Waals surface area (Å²) in [6, 6.07) is 47.1. The molecule has 0 amide bonds. The summed E-state index contributed by atoms with van der Waals surface area (Å²) in [6.07, 6.45) is 1.10. The van der Waals surface area contributed by atoms with Crippen molar-refractivity contribution in [2.75, 3.05) is 0 Å². The Kier molecular flexibility index (Phi) is 8.21. The van der Waals surface area contributed by atoms with Gasteiger partial charge in [-0.3, -0.25) is 0 Å². The first-order valence-corrected chi connectivity index (χ1v) is 16.8. The molecule has 5 aromatic rings. The number of hydrogen-bond donors (Lipinski definition) is 0. The molecule has 5 rings (SSSR count). The quantitative estimate of drug-likeness (QED) is 0.191. The maximum absolute atomic E-state index is 2.44. The summed E-state index contributed by atoms with van der Waals surface area (Å²) >= 11 is 0. The molecule has 0 saturated heterocycles. The minimum Gasteiger partial charge on any atom is -0.0624 e. The fourth-order valence-corrected chi connectivity index (χ4v) is 11.5. The highest BCUT2D eigenvalue weighted by atomic mass is 28.3. The van der Waals surface area contributed by atoms with Crippen LogP contribution in [0.25, 0.3) is 0 Å². The van der Waals surface area contributed by atoms with Crippen molar-refractivity contribution in [2.45, 2.75) is 40.2 Å². The van der Waals surface area contributed by atoms with Crippen molar-refractivity contribution in [3.8, 4) is 0 Å². The second kappa shape index (κ2) is 11.9. The van der Waals surface area contributed by atoms with Gasteiger partial charge in [0, 0.05) is 0 Å². The average molecular weight is 525 g/mol. The fourth-order valence-electron chi connectivity index (χ4n) is 5.68. The third kappa shape index (κ3) is 6.15. The van der Waals surface area contributed by atoms with Crippen molar-refractivity contribution in [1.82, 2.24) is 0 Å². The minimum absolute atomic E-state index is 0.944. The molecule has 0 aliphatic heterocycles. The number of rotatable bonds is 8. The van der Waals surface area contributed by atoms with E-state index in [0.717, 1.165) is 6.42 Å². The maximum atomic E-state index is 2.44. The summed E-state index contributed by atoms with van der Waals surface area (Å²) in [6.45, 7) is 8.95. The standard InChI is InChI=1S/C36H36Si2/c1-27-21-28(2)24-34(23-27)37(35-25-29(3)22-30(4)26-35)20-19-31-13-11-12-18-36(31)38(32-14-7-5-8-15-32)33-16-9-6-10-17-33/h5-18,21-26H,19-20H2,1-4H3. The summed E-state index contributed by atoms with van der Waals surface area (Å²) in [7, 11) is -2.04. The molecular formula is C36H36Si2. The lowest BCUT2D eigenvalue weighted by molar-refractivity contribution is 1.13. The molecule has 0 unspecified atom stereocenters. The van der Waals surface area contributed by atoms with Crippen molar-refractivity contribution in [1.29, 1.82) is 0 Å². The predicted octanol–water partition coefficient (Wildman–Crippen LogP) is 5.29. The normalized spacial score (nSPS) is 11.3. The Morgan fingerprint density at radius 1 is 0.447 bits per heavy atom. The summed E-state index contributed by atoms with van der Waals surface area (Å²) < 4.78 is 0. The van der Waals surface area contributed by atoms with Crippen molar-refractivity contribution in [3.63, 3.8) is 0 Å². The molecule has 0 N–H and O–H groups in total. The molecule has 0 nitrogen and oxygen atoms in total. The van der Waals surface area contributed by atoms with Crippen LogP contribution in [0.2, 0.25) is 6.04 Å². The van der Waals surface area contributed by atoms with E-state index in [4.69, 9.17) is 0 Å². The molecule has 188 valence electrons. The molecule has 38 heavy (non-hydrogen) atoms. The van der Waals surface area contributed by atoms with Crippen LogP contribution in [-0.2, 0) is 6.42 Å². The third-order valence-electron chi connectivity index (χ3n) is 7.20. The smallest absolute Gasteiger partial charge is 0.0624 e.